The van der Waals surface area contributed by atoms with Crippen LogP contribution < -0.4 is 25.1 Å². The van der Waals surface area contributed by atoms with Crippen LogP contribution in [-0.2, 0) is 4.79 Å². The zero-order chi connectivity index (χ0) is 33.0. The van der Waals surface area contributed by atoms with Crippen molar-refractivity contribution in [2.75, 3.05) is 26.1 Å². The molecule has 9 nitrogen and oxygen atoms in total. The number of hydrogen-bond acceptors (Lipinski definition) is 7. The molecular formula is C35H32FIN4O5. The van der Waals surface area contributed by atoms with E-state index in [9.17, 15) is 14.0 Å². The van der Waals surface area contributed by atoms with Crippen LogP contribution in [0.15, 0.2) is 82.7 Å². The van der Waals surface area contributed by atoms with Gasteiger partial charge in [-0.1, -0.05) is 38.1 Å². The summed E-state index contributed by atoms with van der Waals surface area (Å²) in [5.74, 6) is 0.941. The molecule has 1 aromatic heterocycles. The van der Waals surface area contributed by atoms with Gasteiger partial charge in [0.15, 0.2) is 23.9 Å². The molecule has 0 atom stereocenters. The minimum absolute atomic E-state index is 0.0624. The van der Waals surface area contributed by atoms with Crippen LogP contribution in [0.3, 0.4) is 0 Å². The second-order valence-electron chi connectivity index (χ2n) is 10.7. The lowest BCUT2D eigenvalue weighted by atomic mass is 9.96. The van der Waals surface area contributed by atoms with Gasteiger partial charge in [-0.05, 0) is 101 Å². The lowest BCUT2D eigenvalue weighted by Gasteiger charge is -2.17. The molecule has 11 heteroatoms. The Morgan fingerprint density at radius 3 is 2.48 bits per heavy atom. The largest absolute Gasteiger partial charge is 0.496 e. The van der Waals surface area contributed by atoms with Crippen molar-refractivity contribution in [1.29, 1.82) is 0 Å². The summed E-state index contributed by atoms with van der Waals surface area (Å²) < 4.78 is 32.8. The first-order valence-corrected chi connectivity index (χ1v) is 15.5. The van der Waals surface area contributed by atoms with Gasteiger partial charge >= 0.3 is 0 Å². The van der Waals surface area contributed by atoms with Crippen LogP contribution >= 0.6 is 22.6 Å². The summed E-state index contributed by atoms with van der Waals surface area (Å²) in [5, 5.41) is 7.55. The van der Waals surface area contributed by atoms with Crippen LogP contribution in [0.4, 0.5) is 10.1 Å². The molecule has 0 saturated carbocycles. The Morgan fingerprint density at radius 1 is 1.04 bits per heavy atom. The predicted molar refractivity (Wildman–Crippen MR) is 186 cm³/mol. The van der Waals surface area contributed by atoms with Gasteiger partial charge in [-0.3, -0.25) is 9.59 Å². The van der Waals surface area contributed by atoms with E-state index < -0.39 is 11.7 Å². The first-order valence-electron chi connectivity index (χ1n) is 14.4. The third-order valence-corrected chi connectivity index (χ3v) is 8.06. The zero-order valence-corrected chi connectivity index (χ0v) is 28.1. The maximum Gasteiger partial charge on any atom is 0.282 e. The number of ether oxygens (including phenoxy) is 3. The minimum Gasteiger partial charge on any atom is -0.496 e. The van der Waals surface area contributed by atoms with Crippen LogP contribution in [0.1, 0.15) is 36.5 Å². The number of anilines is 1. The molecule has 0 saturated heterocycles. The van der Waals surface area contributed by atoms with Crippen molar-refractivity contribution in [2.45, 2.75) is 26.7 Å². The Labute approximate surface area is 279 Å². The number of para-hydroxylation sites is 2. The van der Waals surface area contributed by atoms with E-state index in [2.05, 4.69) is 46.9 Å². The van der Waals surface area contributed by atoms with Gasteiger partial charge in [0.25, 0.3) is 11.5 Å². The number of nitrogens with zero attached hydrogens (tertiary/aromatic N) is 3. The van der Waals surface area contributed by atoms with Crippen LogP contribution in [0.2, 0.25) is 0 Å². The third-order valence-electron chi connectivity index (χ3n) is 7.26. The van der Waals surface area contributed by atoms with Gasteiger partial charge in [-0.25, -0.2) is 9.37 Å². The molecule has 5 rings (SSSR count). The monoisotopic (exact) mass is 734 g/mol. The summed E-state index contributed by atoms with van der Waals surface area (Å²) in [6.07, 6.45) is 1.54. The van der Waals surface area contributed by atoms with E-state index in [0.29, 0.717) is 37.4 Å². The minimum atomic E-state index is -0.543. The highest BCUT2D eigenvalue weighted by molar-refractivity contribution is 14.1. The molecule has 1 heterocycles. The average Bonchev–Trinajstić information content (AvgIpc) is 3.04. The quantitative estimate of drug-likeness (QED) is 0.121. The van der Waals surface area contributed by atoms with E-state index in [4.69, 9.17) is 19.2 Å². The van der Waals surface area contributed by atoms with Crippen molar-refractivity contribution in [3.63, 3.8) is 0 Å². The highest BCUT2D eigenvalue weighted by Gasteiger charge is 2.19. The molecular weight excluding hydrogens is 702 g/mol. The van der Waals surface area contributed by atoms with Gasteiger partial charge in [-0.15, -0.1) is 0 Å². The molecule has 0 spiro atoms. The van der Waals surface area contributed by atoms with Crippen LogP contribution in [0.5, 0.6) is 17.2 Å². The standard InChI is InChI=1S/C35H32FIN4O5/c1-20(2)24-17-25(21(3)14-30(24)44-4)34-40-28-12-8-6-10-23(28)35(43)41(34)38-18-22-15-27(37)33(31(16-22)45-5)46-19-32(42)39-29-13-9-7-11-26(29)36/h6-18,20H,19H2,1-5H3,(H,39,42). The van der Waals surface area contributed by atoms with E-state index in [1.165, 1.54) is 30.0 Å². The fraction of sp³-hybridized carbons (Fsp3) is 0.200. The molecule has 4 aromatic carbocycles. The van der Waals surface area contributed by atoms with Crippen molar-refractivity contribution in [3.05, 3.63) is 109 Å². The lowest BCUT2D eigenvalue weighted by molar-refractivity contribution is -0.118. The Hall–Kier alpha value is -4.78. The van der Waals surface area contributed by atoms with Crippen molar-refractivity contribution in [3.8, 4) is 28.6 Å². The highest BCUT2D eigenvalue weighted by atomic mass is 127. The maximum atomic E-state index is 13.9. The normalized spacial score (nSPS) is 11.3. The van der Waals surface area contributed by atoms with Gasteiger partial charge in [0.05, 0.1) is 40.6 Å². The molecule has 236 valence electrons. The van der Waals surface area contributed by atoms with Gasteiger partial charge in [0.2, 0.25) is 0 Å². The molecule has 0 aliphatic rings. The zero-order valence-electron chi connectivity index (χ0n) is 25.9. The number of carbonyl (C=O) groups is 1. The van der Waals surface area contributed by atoms with E-state index in [1.807, 2.05) is 25.1 Å². The molecule has 0 aliphatic carbocycles. The first-order chi connectivity index (χ1) is 22.1. The highest BCUT2D eigenvalue weighted by Crippen LogP contribution is 2.35. The Kier molecular flexibility index (Phi) is 10.0. The fourth-order valence-corrected chi connectivity index (χ4v) is 5.72. The molecule has 0 radical (unpaired) electrons. The summed E-state index contributed by atoms with van der Waals surface area (Å²) >= 11 is 2.07. The van der Waals surface area contributed by atoms with Crippen molar-refractivity contribution < 1.29 is 23.4 Å². The van der Waals surface area contributed by atoms with Gasteiger partial charge in [0.1, 0.15) is 11.6 Å². The number of methoxy groups -OCH3 is 2. The van der Waals surface area contributed by atoms with Gasteiger partial charge in [0, 0.05) is 5.56 Å². The van der Waals surface area contributed by atoms with Crippen molar-refractivity contribution in [1.82, 2.24) is 9.66 Å². The van der Waals surface area contributed by atoms with Gasteiger partial charge < -0.3 is 19.5 Å². The number of nitrogens with one attached hydrogen (secondary N) is 1. The van der Waals surface area contributed by atoms with Gasteiger partial charge in [-0.2, -0.15) is 9.78 Å². The van der Waals surface area contributed by atoms with E-state index >= 15 is 0 Å². The number of carbonyl (C=O) groups excluding carboxylic acids is 1. The molecule has 1 N–H and O–H groups in total. The summed E-state index contributed by atoms with van der Waals surface area (Å²) in [6, 6.07) is 20.5. The average molecular weight is 735 g/mol. The smallest absolute Gasteiger partial charge is 0.282 e. The topological polar surface area (TPSA) is 104 Å². The van der Waals surface area contributed by atoms with E-state index in [0.717, 1.165) is 22.4 Å². The number of halogens is 2. The summed E-state index contributed by atoms with van der Waals surface area (Å²) in [6.45, 7) is 5.73. The number of hydrogen-bond donors (Lipinski definition) is 1. The Balaban J connectivity index is 1.51. The first kappa shape index (κ1) is 32.6. The maximum absolute atomic E-state index is 13.9. The van der Waals surface area contributed by atoms with Crippen molar-refractivity contribution in [2.24, 2.45) is 5.10 Å². The predicted octanol–water partition coefficient (Wildman–Crippen LogP) is 7.16. The van der Waals surface area contributed by atoms with Crippen LogP contribution in [-0.4, -0.2) is 42.6 Å². The second kappa shape index (κ2) is 14.1. The molecule has 0 aliphatic heterocycles. The van der Waals surface area contributed by atoms with Crippen LogP contribution in [0.25, 0.3) is 22.3 Å². The number of amides is 1. The van der Waals surface area contributed by atoms with Crippen molar-refractivity contribution >= 4 is 51.3 Å². The third kappa shape index (κ3) is 6.89. The summed E-state index contributed by atoms with van der Waals surface area (Å²) in [4.78, 5) is 31.2. The molecule has 5 aromatic rings. The van der Waals surface area contributed by atoms with E-state index in [-0.39, 0.29) is 23.8 Å². The number of aryl methyl sites for hydroxylation is 1. The summed E-state index contributed by atoms with van der Waals surface area (Å²) in [5.41, 5.74) is 3.54. The number of aromatic nitrogens is 2. The molecule has 0 unspecified atom stereocenters. The molecule has 46 heavy (non-hydrogen) atoms. The number of benzene rings is 4. The Morgan fingerprint density at radius 2 is 1.76 bits per heavy atom. The molecule has 0 fully saturated rings. The number of rotatable bonds is 10. The van der Waals surface area contributed by atoms with Crippen LogP contribution in [0, 0.1) is 16.3 Å². The van der Waals surface area contributed by atoms with E-state index in [1.54, 1.807) is 49.7 Å². The summed E-state index contributed by atoms with van der Waals surface area (Å²) in [7, 11) is 3.12. The second-order valence-corrected chi connectivity index (χ2v) is 11.9. The fourth-order valence-electron chi connectivity index (χ4n) is 4.94. The SMILES string of the molecule is COc1cc(C)c(-c2nc3ccccc3c(=O)n2N=Cc2cc(I)c(OCC(=O)Nc3ccccc3F)c(OC)c2)cc1C(C)C. The molecule has 1 amide bonds. The molecule has 0 bridgehead atoms. The lowest BCUT2D eigenvalue weighted by Crippen LogP contribution is -2.21. The number of fused-ring (bicyclic) bond motifs is 1. The Bertz CT molecular complexity index is 2030.